The molecule has 0 aliphatic carbocycles. The lowest BCUT2D eigenvalue weighted by molar-refractivity contribution is -0.384. The summed E-state index contributed by atoms with van der Waals surface area (Å²) in [4.78, 5) is 23.2. The van der Waals surface area contributed by atoms with Gasteiger partial charge in [-0.1, -0.05) is 0 Å². The SMILES string of the molecule is O=Cc1cc2cc([N+](=O)[O-])ccc2[nH]1. The molecule has 70 valence electrons. The molecule has 0 fully saturated rings. The lowest BCUT2D eigenvalue weighted by Gasteiger charge is -1.90. The maximum absolute atomic E-state index is 10.4. The molecule has 14 heavy (non-hydrogen) atoms. The molecule has 2 aromatic rings. The van der Waals surface area contributed by atoms with Gasteiger partial charge in [0.1, 0.15) is 0 Å². The van der Waals surface area contributed by atoms with Crippen LogP contribution in [0, 0.1) is 10.1 Å². The molecule has 5 heteroatoms. The van der Waals surface area contributed by atoms with Crippen molar-refractivity contribution in [3.63, 3.8) is 0 Å². The largest absolute Gasteiger partial charge is 0.352 e. The number of nitrogens with one attached hydrogen (secondary N) is 1. The summed E-state index contributed by atoms with van der Waals surface area (Å²) in [5.74, 6) is 0. The highest BCUT2D eigenvalue weighted by Gasteiger charge is 2.07. The highest BCUT2D eigenvalue weighted by Crippen LogP contribution is 2.20. The van der Waals surface area contributed by atoms with Crippen LogP contribution in [-0.2, 0) is 0 Å². The van der Waals surface area contributed by atoms with Gasteiger partial charge in [0.15, 0.2) is 6.29 Å². The summed E-state index contributed by atoms with van der Waals surface area (Å²) in [5, 5.41) is 11.1. The number of hydrogen-bond donors (Lipinski definition) is 1. The van der Waals surface area contributed by atoms with Crippen LogP contribution in [-0.4, -0.2) is 16.2 Å². The van der Waals surface area contributed by atoms with Crippen molar-refractivity contribution in [1.82, 2.24) is 4.98 Å². The lowest BCUT2D eigenvalue weighted by Crippen LogP contribution is -1.86. The highest BCUT2D eigenvalue weighted by atomic mass is 16.6. The van der Waals surface area contributed by atoms with Gasteiger partial charge in [0.2, 0.25) is 0 Å². The predicted molar refractivity (Wildman–Crippen MR) is 50.3 cm³/mol. The van der Waals surface area contributed by atoms with E-state index in [0.29, 0.717) is 17.4 Å². The summed E-state index contributed by atoms with van der Waals surface area (Å²) in [6.07, 6.45) is 0.672. The number of benzene rings is 1. The fourth-order valence-electron chi connectivity index (χ4n) is 1.32. The van der Waals surface area contributed by atoms with Crippen molar-refractivity contribution in [1.29, 1.82) is 0 Å². The number of nitro benzene ring substituents is 1. The van der Waals surface area contributed by atoms with Crippen molar-refractivity contribution in [2.75, 3.05) is 0 Å². The van der Waals surface area contributed by atoms with E-state index in [1.54, 1.807) is 12.1 Å². The summed E-state index contributed by atoms with van der Waals surface area (Å²) >= 11 is 0. The minimum atomic E-state index is -0.465. The van der Waals surface area contributed by atoms with Crippen LogP contribution in [0.25, 0.3) is 10.9 Å². The van der Waals surface area contributed by atoms with Crippen LogP contribution in [0.3, 0.4) is 0 Å². The van der Waals surface area contributed by atoms with Crippen LogP contribution in [0.2, 0.25) is 0 Å². The van der Waals surface area contributed by atoms with E-state index in [9.17, 15) is 14.9 Å². The summed E-state index contributed by atoms with van der Waals surface area (Å²) in [6.45, 7) is 0. The molecule has 1 N–H and O–H groups in total. The van der Waals surface area contributed by atoms with Crippen LogP contribution in [0.15, 0.2) is 24.3 Å². The average Bonchev–Trinajstić information content (AvgIpc) is 2.58. The van der Waals surface area contributed by atoms with Gasteiger partial charge in [-0.15, -0.1) is 0 Å². The first-order chi connectivity index (χ1) is 6.70. The molecule has 0 unspecified atom stereocenters. The fraction of sp³-hybridized carbons (Fsp3) is 0. The zero-order valence-corrected chi connectivity index (χ0v) is 7.06. The van der Waals surface area contributed by atoms with Gasteiger partial charge in [-0.3, -0.25) is 14.9 Å². The van der Waals surface area contributed by atoms with Crippen LogP contribution >= 0.6 is 0 Å². The molecule has 0 saturated carbocycles. The molecule has 1 heterocycles. The second-order valence-corrected chi connectivity index (χ2v) is 2.87. The first kappa shape index (κ1) is 8.43. The third kappa shape index (κ3) is 1.24. The molecule has 1 aromatic heterocycles. The van der Waals surface area contributed by atoms with Gasteiger partial charge >= 0.3 is 0 Å². The Labute approximate surface area is 78.5 Å². The van der Waals surface area contributed by atoms with Crippen LogP contribution in [0.5, 0.6) is 0 Å². The van der Waals surface area contributed by atoms with Gasteiger partial charge in [0.05, 0.1) is 10.6 Å². The molecule has 0 saturated heterocycles. The third-order valence-corrected chi connectivity index (χ3v) is 1.96. The monoisotopic (exact) mass is 190 g/mol. The Balaban J connectivity index is 2.65. The number of fused-ring (bicyclic) bond motifs is 1. The summed E-state index contributed by atoms with van der Waals surface area (Å²) in [6, 6.07) is 5.99. The number of carbonyl (C=O) groups is 1. The van der Waals surface area contributed by atoms with Crippen molar-refractivity contribution in [3.05, 3.63) is 40.1 Å². The number of aromatic nitrogens is 1. The van der Waals surface area contributed by atoms with Crippen molar-refractivity contribution in [3.8, 4) is 0 Å². The Kier molecular flexibility index (Phi) is 1.78. The van der Waals surface area contributed by atoms with Crippen molar-refractivity contribution < 1.29 is 9.72 Å². The Bertz CT molecular complexity index is 516. The second-order valence-electron chi connectivity index (χ2n) is 2.87. The molecule has 0 atom stereocenters. The van der Waals surface area contributed by atoms with E-state index in [0.717, 1.165) is 5.52 Å². The quantitative estimate of drug-likeness (QED) is 0.446. The van der Waals surface area contributed by atoms with E-state index < -0.39 is 4.92 Å². The van der Waals surface area contributed by atoms with E-state index in [1.165, 1.54) is 12.1 Å². The maximum atomic E-state index is 10.4. The molecule has 0 bridgehead atoms. The van der Waals surface area contributed by atoms with E-state index in [2.05, 4.69) is 4.98 Å². The zero-order valence-electron chi connectivity index (χ0n) is 7.06. The molecular weight excluding hydrogens is 184 g/mol. The summed E-state index contributed by atoms with van der Waals surface area (Å²) < 4.78 is 0. The van der Waals surface area contributed by atoms with Gasteiger partial charge in [-0.2, -0.15) is 0 Å². The van der Waals surface area contributed by atoms with E-state index in [-0.39, 0.29) is 5.69 Å². The van der Waals surface area contributed by atoms with E-state index in [4.69, 9.17) is 0 Å². The molecule has 0 spiro atoms. The normalized spacial score (nSPS) is 10.3. The Morgan fingerprint density at radius 3 is 2.79 bits per heavy atom. The first-order valence-electron chi connectivity index (χ1n) is 3.93. The molecule has 5 nitrogen and oxygen atoms in total. The van der Waals surface area contributed by atoms with E-state index >= 15 is 0 Å². The summed E-state index contributed by atoms with van der Waals surface area (Å²) in [7, 11) is 0. The number of nitrogens with zero attached hydrogens (tertiary/aromatic N) is 1. The number of hydrogen-bond acceptors (Lipinski definition) is 3. The topological polar surface area (TPSA) is 76.0 Å². The molecular formula is C9H6N2O3. The van der Waals surface area contributed by atoms with Gasteiger partial charge in [-0.05, 0) is 12.1 Å². The molecule has 0 amide bonds. The van der Waals surface area contributed by atoms with Crippen molar-refractivity contribution >= 4 is 22.9 Å². The fourth-order valence-corrected chi connectivity index (χ4v) is 1.32. The number of aromatic amines is 1. The number of H-pyrrole nitrogens is 1. The Morgan fingerprint density at radius 1 is 1.36 bits per heavy atom. The smallest absolute Gasteiger partial charge is 0.270 e. The maximum Gasteiger partial charge on any atom is 0.270 e. The summed E-state index contributed by atoms with van der Waals surface area (Å²) in [5.41, 5.74) is 1.16. The van der Waals surface area contributed by atoms with Gasteiger partial charge in [0.25, 0.3) is 5.69 Å². The number of non-ortho nitro benzene ring substituents is 1. The lowest BCUT2D eigenvalue weighted by atomic mass is 10.2. The first-order valence-corrected chi connectivity index (χ1v) is 3.93. The number of carbonyl (C=O) groups excluding carboxylic acids is 1. The Hall–Kier alpha value is -2.17. The molecule has 0 aliphatic heterocycles. The minimum absolute atomic E-state index is 0.0222. The number of aldehydes is 1. The van der Waals surface area contributed by atoms with Gasteiger partial charge < -0.3 is 4.98 Å². The highest BCUT2D eigenvalue weighted by molar-refractivity contribution is 5.89. The number of nitro groups is 1. The molecule has 1 aromatic carbocycles. The molecule has 0 aliphatic rings. The third-order valence-electron chi connectivity index (χ3n) is 1.96. The van der Waals surface area contributed by atoms with Crippen LogP contribution < -0.4 is 0 Å². The predicted octanol–water partition coefficient (Wildman–Crippen LogP) is 1.89. The zero-order chi connectivity index (χ0) is 10.1. The van der Waals surface area contributed by atoms with Crippen LogP contribution in [0.1, 0.15) is 10.5 Å². The Morgan fingerprint density at radius 2 is 2.14 bits per heavy atom. The van der Waals surface area contributed by atoms with Gasteiger partial charge in [0, 0.05) is 23.0 Å². The van der Waals surface area contributed by atoms with Crippen molar-refractivity contribution in [2.24, 2.45) is 0 Å². The van der Waals surface area contributed by atoms with E-state index in [1.807, 2.05) is 0 Å². The minimum Gasteiger partial charge on any atom is -0.352 e. The molecule has 0 radical (unpaired) electrons. The van der Waals surface area contributed by atoms with Crippen LogP contribution in [0.4, 0.5) is 5.69 Å². The van der Waals surface area contributed by atoms with Crippen molar-refractivity contribution in [2.45, 2.75) is 0 Å². The molecule has 2 rings (SSSR count). The average molecular weight is 190 g/mol. The number of rotatable bonds is 2. The standard InChI is InChI=1S/C9H6N2O3/c12-5-7-3-6-4-8(11(13)14)1-2-9(6)10-7/h1-5,10H. The van der Waals surface area contributed by atoms with Gasteiger partial charge in [-0.25, -0.2) is 0 Å². The second kappa shape index (κ2) is 2.95.